The number of aryl methyl sites for hydroxylation is 1. The molecule has 0 N–H and O–H groups in total. The van der Waals surface area contributed by atoms with E-state index in [9.17, 15) is 4.79 Å². The molecule has 0 unspecified atom stereocenters. The Labute approximate surface area is 173 Å². The second-order valence-corrected chi connectivity index (χ2v) is 8.01. The summed E-state index contributed by atoms with van der Waals surface area (Å²) >= 11 is 5.58. The average molecular weight is 405 g/mol. The molecular formula is C22H32N2O3S. The Morgan fingerprint density at radius 3 is 2.68 bits per heavy atom. The Bertz CT molecular complexity index is 739. The van der Waals surface area contributed by atoms with Gasteiger partial charge in [-0.15, -0.1) is 0 Å². The monoisotopic (exact) mass is 404 g/mol. The van der Waals surface area contributed by atoms with E-state index < -0.39 is 0 Å². The summed E-state index contributed by atoms with van der Waals surface area (Å²) in [4.78, 5) is 19.5. The number of thiocarbonyl (C=S) groups is 1. The highest BCUT2D eigenvalue weighted by molar-refractivity contribution is 7.80. The smallest absolute Gasteiger partial charge is 0.328 e. The molecule has 0 aliphatic heterocycles. The van der Waals surface area contributed by atoms with E-state index in [1.807, 2.05) is 43.1 Å². The number of carbonyl (C=O) groups excluding carboxylic acids is 1. The highest BCUT2D eigenvalue weighted by atomic mass is 32.1. The van der Waals surface area contributed by atoms with Crippen LogP contribution in [0.2, 0.25) is 0 Å². The average Bonchev–Trinajstić information content (AvgIpc) is 3.08. The summed E-state index contributed by atoms with van der Waals surface area (Å²) in [6, 6.07) is 7.53. The molecule has 0 fully saturated rings. The Kier molecular flexibility index (Phi) is 8.90. The molecule has 0 spiro atoms. The molecule has 2 aromatic rings. The van der Waals surface area contributed by atoms with Gasteiger partial charge in [0.1, 0.15) is 11.6 Å². The Morgan fingerprint density at radius 2 is 2.00 bits per heavy atom. The first-order valence-electron chi connectivity index (χ1n) is 10.2. The molecule has 0 saturated heterocycles. The van der Waals surface area contributed by atoms with Crippen LogP contribution >= 0.6 is 12.2 Å². The van der Waals surface area contributed by atoms with Gasteiger partial charge in [-0.05, 0) is 50.7 Å². The maximum Gasteiger partial charge on any atom is 0.328 e. The van der Waals surface area contributed by atoms with Crippen molar-refractivity contribution in [3.8, 4) is 0 Å². The van der Waals surface area contributed by atoms with Crippen LogP contribution in [-0.4, -0.2) is 40.5 Å². The van der Waals surface area contributed by atoms with E-state index in [0.29, 0.717) is 12.5 Å². The molecule has 0 radical (unpaired) electrons. The van der Waals surface area contributed by atoms with Gasteiger partial charge in [-0.1, -0.05) is 44.6 Å². The highest BCUT2D eigenvalue weighted by Gasteiger charge is 2.26. The molecule has 5 nitrogen and oxygen atoms in total. The number of aromatic nitrogens is 1. The van der Waals surface area contributed by atoms with Crippen LogP contribution in [0.15, 0.2) is 28.7 Å². The number of fused-ring (bicyclic) bond motifs is 1. The fourth-order valence-corrected chi connectivity index (χ4v) is 3.48. The van der Waals surface area contributed by atoms with Gasteiger partial charge in [-0.25, -0.2) is 9.78 Å². The Hall–Kier alpha value is -1.95. The quantitative estimate of drug-likeness (QED) is 0.293. The first-order valence-corrected chi connectivity index (χ1v) is 10.6. The van der Waals surface area contributed by atoms with Gasteiger partial charge in [-0.2, -0.15) is 0 Å². The normalized spacial score (nSPS) is 12.3. The summed E-state index contributed by atoms with van der Waals surface area (Å²) in [6.07, 6.45) is 5.41. The van der Waals surface area contributed by atoms with Crippen molar-refractivity contribution in [3.63, 3.8) is 0 Å². The number of unbranched alkanes of at least 4 members (excludes halogenated alkanes) is 2. The van der Waals surface area contributed by atoms with Crippen molar-refractivity contribution in [1.82, 2.24) is 9.88 Å². The molecule has 0 aliphatic rings. The number of para-hydroxylation sites is 2. The number of hydrogen-bond donors (Lipinski definition) is 0. The second kappa shape index (κ2) is 11.1. The summed E-state index contributed by atoms with van der Waals surface area (Å²) in [6.45, 7) is 6.44. The van der Waals surface area contributed by atoms with Gasteiger partial charge < -0.3 is 14.1 Å². The lowest BCUT2D eigenvalue weighted by Crippen LogP contribution is -2.43. The fraction of sp³-hybridized carbons (Fsp3) is 0.591. The largest absolute Gasteiger partial charge is 0.464 e. The predicted octanol–water partition coefficient (Wildman–Crippen LogP) is 5.17. The van der Waals surface area contributed by atoms with E-state index in [2.05, 4.69) is 18.8 Å². The van der Waals surface area contributed by atoms with Crippen molar-refractivity contribution in [2.45, 2.75) is 65.3 Å². The maximum absolute atomic E-state index is 12.3. The number of hydrogen-bond acceptors (Lipinski definition) is 5. The SMILES string of the molecule is CCOC(=O)[C@H](CC(C)C)N(C)C(=S)CCCCCc1nc2ccccc2o1. The molecule has 1 aromatic heterocycles. The maximum atomic E-state index is 12.3. The van der Waals surface area contributed by atoms with E-state index in [-0.39, 0.29) is 12.0 Å². The van der Waals surface area contributed by atoms with Gasteiger partial charge >= 0.3 is 5.97 Å². The Balaban J connectivity index is 1.75. The van der Waals surface area contributed by atoms with E-state index in [1.54, 1.807) is 0 Å². The first-order chi connectivity index (χ1) is 13.4. The minimum absolute atomic E-state index is 0.183. The van der Waals surface area contributed by atoms with Crippen molar-refractivity contribution in [2.24, 2.45) is 5.92 Å². The van der Waals surface area contributed by atoms with E-state index >= 15 is 0 Å². The highest BCUT2D eigenvalue weighted by Crippen LogP contribution is 2.18. The summed E-state index contributed by atoms with van der Waals surface area (Å²) in [5.41, 5.74) is 1.76. The number of rotatable bonds is 11. The second-order valence-electron chi connectivity index (χ2n) is 7.54. The number of ether oxygens (including phenoxy) is 1. The number of likely N-dealkylation sites (N-methyl/N-ethyl adjacent to an activating group) is 1. The van der Waals surface area contributed by atoms with Crippen LogP contribution in [0, 0.1) is 5.92 Å². The molecule has 154 valence electrons. The van der Waals surface area contributed by atoms with Crippen LogP contribution in [0.3, 0.4) is 0 Å². The lowest BCUT2D eigenvalue weighted by atomic mass is 10.0. The molecule has 1 heterocycles. The van der Waals surface area contributed by atoms with Gasteiger partial charge in [0.05, 0.1) is 11.6 Å². The molecule has 6 heteroatoms. The molecule has 28 heavy (non-hydrogen) atoms. The third-order valence-electron chi connectivity index (χ3n) is 4.73. The number of carbonyl (C=O) groups is 1. The molecule has 0 amide bonds. The van der Waals surface area contributed by atoms with Crippen molar-refractivity contribution >= 4 is 34.3 Å². The lowest BCUT2D eigenvalue weighted by Gasteiger charge is -2.29. The first kappa shape index (κ1) is 22.3. The van der Waals surface area contributed by atoms with E-state index in [1.165, 1.54) is 0 Å². The van der Waals surface area contributed by atoms with Gasteiger partial charge in [0, 0.05) is 13.5 Å². The minimum atomic E-state index is -0.299. The van der Waals surface area contributed by atoms with Gasteiger partial charge in [0.25, 0.3) is 0 Å². The van der Waals surface area contributed by atoms with Crippen molar-refractivity contribution in [3.05, 3.63) is 30.2 Å². The topological polar surface area (TPSA) is 55.6 Å². The number of esters is 1. The van der Waals surface area contributed by atoms with Crippen LogP contribution < -0.4 is 0 Å². The van der Waals surface area contributed by atoms with Crippen molar-refractivity contribution in [2.75, 3.05) is 13.7 Å². The van der Waals surface area contributed by atoms with Crippen LogP contribution in [-0.2, 0) is 16.0 Å². The molecule has 2 rings (SSSR count). The number of benzene rings is 1. The number of nitrogens with zero attached hydrogens (tertiary/aromatic N) is 2. The zero-order valence-corrected chi connectivity index (χ0v) is 18.3. The lowest BCUT2D eigenvalue weighted by molar-refractivity contribution is -0.148. The van der Waals surface area contributed by atoms with Crippen LogP contribution in [0.25, 0.3) is 11.1 Å². The fourth-order valence-electron chi connectivity index (χ4n) is 3.20. The third-order valence-corrected chi connectivity index (χ3v) is 5.23. The van der Waals surface area contributed by atoms with Crippen molar-refractivity contribution in [1.29, 1.82) is 0 Å². The zero-order chi connectivity index (χ0) is 20.5. The molecule has 1 aromatic carbocycles. The minimum Gasteiger partial charge on any atom is -0.464 e. The molecule has 0 saturated carbocycles. The summed E-state index contributed by atoms with van der Waals surface area (Å²) in [7, 11) is 1.91. The Morgan fingerprint density at radius 1 is 1.25 bits per heavy atom. The zero-order valence-electron chi connectivity index (χ0n) is 17.4. The van der Waals surface area contributed by atoms with Gasteiger partial charge in [0.2, 0.25) is 0 Å². The van der Waals surface area contributed by atoms with Gasteiger partial charge in [-0.3, -0.25) is 0 Å². The van der Waals surface area contributed by atoms with Gasteiger partial charge in [0.15, 0.2) is 11.5 Å². The molecule has 1 atom stereocenters. The summed E-state index contributed by atoms with van der Waals surface area (Å²) < 4.78 is 11.0. The van der Waals surface area contributed by atoms with Crippen LogP contribution in [0.5, 0.6) is 0 Å². The summed E-state index contributed by atoms with van der Waals surface area (Å²) in [5.74, 6) is 1.01. The predicted molar refractivity (Wildman–Crippen MR) is 116 cm³/mol. The van der Waals surface area contributed by atoms with E-state index in [4.69, 9.17) is 21.4 Å². The molecule has 0 aliphatic carbocycles. The standard InChI is InChI=1S/C22H32N2O3S/c1-5-26-22(25)18(15-16(2)3)24(4)21(28)14-8-6-7-13-20-23-17-11-9-10-12-19(17)27-20/h9-12,16,18H,5-8,13-15H2,1-4H3/t18-/m0/s1. The third kappa shape index (κ3) is 6.59. The molecule has 0 bridgehead atoms. The molecular weight excluding hydrogens is 372 g/mol. The number of oxazole rings is 1. The van der Waals surface area contributed by atoms with E-state index in [0.717, 1.165) is 60.5 Å². The van der Waals surface area contributed by atoms with Crippen LogP contribution in [0.1, 0.15) is 58.8 Å². The summed E-state index contributed by atoms with van der Waals surface area (Å²) in [5, 5.41) is 0. The van der Waals surface area contributed by atoms with Crippen LogP contribution in [0.4, 0.5) is 0 Å². The van der Waals surface area contributed by atoms with Crippen molar-refractivity contribution < 1.29 is 13.9 Å².